The standard InChI is InChI=1S/C14H20N2O2/c1-11(2)10-18-13-6-3-5-12(9-13)16-14(17)7-4-8-15/h3-7,9,11H,8,10,15H2,1-2H3,(H,16,17)/b7-4+. The second kappa shape index (κ2) is 7.50. The highest BCUT2D eigenvalue weighted by atomic mass is 16.5. The molecule has 0 atom stereocenters. The summed E-state index contributed by atoms with van der Waals surface area (Å²) in [5.74, 6) is 1.03. The first kappa shape index (κ1) is 14.3. The van der Waals surface area contributed by atoms with E-state index >= 15 is 0 Å². The fourth-order valence-electron chi connectivity index (χ4n) is 1.29. The Morgan fingerprint density at radius 1 is 1.50 bits per heavy atom. The number of anilines is 1. The lowest BCUT2D eigenvalue weighted by atomic mass is 10.2. The molecule has 0 spiro atoms. The average molecular weight is 248 g/mol. The van der Waals surface area contributed by atoms with Gasteiger partial charge in [0.1, 0.15) is 5.75 Å². The Bertz CT molecular complexity index is 414. The zero-order valence-electron chi connectivity index (χ0n) is 10.8. The molecule has 1 aromatic rings. The summed E-state index contributed by atoms with van der Waals surface area (Å²) in [7, 11) is 0. The molecule has 0 aliphatic carbocycles. The van der Waals surface area contributed by atoms with Crippen molar-refractivity contribution in [2.24, 2.45) is 11.7 Å². The highest BCUT2D eigenvalue weighted by Gasteiger charge is 2.01. The number of hydrogen-bond donors (Lipinski definition) is 2. The summed E-state index contributed by atoms with van der Waals surface area (Å²) in [6, 6.07) is 7.33. The maximum atomic E-state index is 11.5. The summed E-state index contributed by atoms with van der Waals surface area (Å²) in [5.41, 5.74) is 5.99. The summed E-state index contributed by atoms with van der Waals surface area (Å²) in [6.45, 7) is 5.18. The molecule has 4 heteroatoms. The van der Waals surface area contributed by atoms with Gasteiger partial charge in [0.05, 0.1) is 6.61 Å². The van der Waals surface area contributed by atoms with Crippen LogP contribution in [0, 0.1) is 5.92 Å². The van der Waals surface area contributed by atoms with Crippen LogP contribution in [0.4, 0.5) is 5.69 Å². The normalized spacial score (nSPS) is 10.9. The van der Waals surface area contributed by atoms with E-state index in [9.17, 15) is 4.79 Å². The van der Waals surface area contributed by atoms with Gasteiger partial charge < -0.3 is 15.8 Å². The molecule has 1 rings (SSSR count). The Balaban J connectivity index is 2.59. The second-order valence-corrected chi connectivity index (χ2v) is 4.36. The number of carbonyl (C=O) groups is 1. The highest BCUT2D eigenvalue weighted by Crippen LogP contribution is 2.17. The van der Waals surface area contributed by atoms with Crippen LogP contribution in [0.3, 0.4) is 0 Å². The number of ether oxygens (including phenoxy) is 1. The Kier molecular flexibility index (Phi) is 5.94. The molecule has 0 saturated heterocycles. The van der Waals surface area contributed by atoms with Gasteiger partial charge in [-0.15, -0.1) is 0 Å². The van der Waals surface area contributed by atoms with E-state index in [0.717, 1.165) is 5.75 Å². The van der Waals surface area contributed by atoms with Crippen molar-refractivity contribution in [1.82, 2.24) is 0 Å². The number of nitrogens with one attached hydrogen (secondary N) is 1. The first-order chi connectivity index (χ1) is 8.61. The Morgan fingerprint density at radius 2 is 2.28 bits per heavy atom. The molecule has 0 aliphatic rings. The summed E-state index contributed by atoms with van der Waals surface area (Å²) < 4.78 is 5.58. The summed E-state index contributed by atoms with van der Waals surface area (Å²) in [6.07, 6.45) is 3.02. The molecule has 0 radical (unpaired) electrons. The van der Waals surface area contributed by atoms with Crippen LogP contribution in [-0.2, 0) is 4.79 Å². The topological polar surface area (TPSA) is 64.3 Å². The van der Waals surface area contributed by atoms with Gasteiger partial charge in [-0.1, -0.05) is 26.0 Å². The first-order valence-electron chi connectivity index (χ1n) is 6.02. The molecular formula is C14H20N2O2. The maximum absolute atomic E-state index is 11.5. The number of benzene rings is 1. The van der Waals surface area contributed by atoms with Crippen LogP contribution in [0.1, 0.15) is 13.8 Å². The smallest absolute Gasteiger partial charge is 0.248 e. The minimum atomic E-state index is -0.193. The SMILES string of the molecule is CC(C)COc1cccc(NC(=O)/C=C/CN)c1. The zero-order valence-corrected chi connectivity index (χ0v) is 10.8. The van der Waals surface area contributed by atoms with Crippen molar-refractivity contribution in [3.8, 4) is 5.75 Å². The van der Waals surface area contributed by atoms with Crippen molar-refractivity contribution in [2.75, 3.05) is 18.5 Å². The first-order valence-corrected chi connectivity index (χ1v) is 6.02. The fourth-order valence-corrected chi connectivity index (χ4v) is 1.29. The molecule has 1 amide bonds. The van der Waals surface area contributed by atoms with Crippen molar-refractivity contribution in [1.29, 1.82) is 0 Å². The maximum Gasteiger partial charge on any atom is 0.248 e. The van der Waals surface area contributed by atoms with Crippen LogP contribution in [0.15, 0.2) is 36.4 Å². The molecule has 0 heterocycles. The van der Waals surface area contributed by atoms with Gasteiger partial charge in [-0.25, -0.2) is 0 Å². The van der Waals surface area contributed by atoms with Crippen molar-refractivity contribution in [3.63, 3.8) is 0 Å². The molecule has 0 aromatic heterocycles. The van der Waals surface area contributed by atoms with E-state index in [0.29, 0.717) is 24.8 Å². The minimum absolute atomic E-state index is 0.193. The van der Waals surface area contributed by atoms with Gasteiger partial charge in [-0.2, -0.15) is 0 Å². The molecule has 98 valence electrons. The van der Waals surface area contributed by atoms with Gasteiger partial charge in [0.15, 0.2) is 0 Å². The van der Waals surface area contributed by atoms with Gasteiger partial charge in [-0.05, 0) is 18.1 Å². The van der Waals surface area contributed by atoms with Crippen LogP contribution in [-0.4, -0.2) is 19.1 Å². The fraction of sp³-hybridized carbons (Fsp3) is 0.357. The van der Waals surface area contributed by atoms with Crippen molar-refractivity contribution in [2.45, 2.75) is 13.8 Å². The Hall–Kier alpha value is -1.81. The monoisotopic (exact) mass is 248 g/mol. The van der Waals surface area contributed by atoms with Gasteiger partial charge in [0.25, 0.3) is 0 Å². The third-order valence-electron chi connectivity index (χ3n) is 2.09. The molecule has 4 nitrogen and oxygen atoms in total. The van der Waals surface area contributed by atoms with E-state index in [4.69, 9.17) is 10.5 Å². The van der Waals surface area contributed by atoms with E-state index in [2.05, 4.69) is 19.2 Å². The lowest BCUT2D eigenvalue weighted by Crippen LogP contribution is -2.09. The van der Waals surface area contributed by atoms with E-state index in [1.807, 2.05) is 18.2 Å². The largest absolute Gasteiger partial charge is 0.493 e. The van der Waals surface area contributed by atoms with Crippen molar-refractivity contribution in [3.05, 3.63) is 36.4 Å². The van der Waals surface area contributed by atoms with Crippen LogP contribution >= 0.6 is 0 Å². The van der Waals surface area contributed by atoms with E-state index < -0.39 is 0 Å². The predicted molar refractivity (Wildman–Crippen MR) is 73.6 cm³/mol. The lowest BCUT2D eigenvalue weighted by Gasteiger charge is -2.10. The van der Waals surface area contributed by atoms with Crippen LogP contribution in [0.25, 0.3) is 0 Å². The second-order valence-electron chi connectivity index (χ2n) is 4.36. The highest BCUT2D eigenvalue weighted by molar-refractivity contribution is 5.99. The molecule has 3 N–H and O–H groups in total. The average Bonchev–Trinajstić information content (AvgIpc) is 2.34. The van der Waals surface area contributed by atoms with E-state index in [1.165, 1.54) is 6.08 Å². The minimum Gasteiger partial charge on any atom is -0.493 e. The van der Waals surface area contributed by atoms with Crippen LogP contribution in [0.2, 0.25) is 0 Å². The summed E-state index contributed by atoms with van der Waals surface area (Å²) >= 11 is 0. The molecule has 0 unspecified atom stereocenters. The van der Waals surface area contributed by atoms with E-state index in [1.54, 1.807) is 12.1 Å². The molecule has 0 saturated carbocycles. The number of nitrogens with two attached hydrogens (primary N) is 1. The van der Waals surface area contributed by atoms with Gasteiger partial charge in [0.2, 0.25) is 5.91 Å². The van der Waals surface area contributed by atoms with Gasteiger partial charge >= 0.3 is 0 Å². The van der Waals surface area contributed by atoms with Crippen LogP contribution < -0.4 is 15.8 Å². The predicted octanol–water partition coefficient (Wildman–Crippen LogP) is 2.17. The lowest BCUT2D eigenvalue weighted by molar-refractivity contribution is -0.111. The molecule has 0 aliphatic heterocycles. The third kappa shape index (κ3) is 5.50. The number of amides is 1. The van der Waals surface area contributed by atoms with E-state index in [-0.39, 0.29) is 5.91 Å². The Labute approximate surface area is 108 Å². The van der Waals surface area contributed by atoms with Gasteiger partial charge in [0, 0.05) is 24.4 Å². The molecule has 0 bridgehead atoms. The quantitative estimate of drug-likeness (QED) is 0.758. The Morgan fingerprint density at radius 3 is 2.94 bits per heavy atom. The third-order valence-corrected chi connectivity index (χ3v) is 2.09. The number of carbonyl (C=O) groups excluding carboxylic acids is 1. The molecular weight excluding hydrogens is 228 g/mol. The molecule has 0 fully saturated rings. The summed E-state index contributed by atoms with van der Waals surface area (Å²) in [5, 5.41) is 2.74. The van der Waals surface area contributed by atoms with Gasteiger partial charge in [-0.3, -0.25) is 4.79 Å². The molecule has 18 heavy (non-hydrogen) atoms. The van der Waals surface area contributed by atoms with Crippen molar-refractivity contribution < 1.29 is 9.53 Å². The number of rotatable bonds is 6. The number of hydrogen-bond acceptors (Lipinski definition) is 3. The van der Waals surface area contributed by atoms with Crippen LogP contribution in [0.5, 0.6) is 5.75 Å². The summed E-state index contributed by atoms with van der Waals surface area (Å²) in [4.78, 5) is 11.5. The zero-order chi connectivity index (χ0) is 13.4. The molecule has 1 aromatic carbocycles. The van der Waals surface area contributed by atoms with Crippen molar-refractivity contribution >= 4 is 11.6 Å².